The average Bonchev–Trinajstić information content (AvgIpc) is 1.69. The Morgan fingerprint density at radius 2 is 2.50 bits per heavy atom. The minimum atomic E-state index is -0.907. The van der Waals surface area contributed by atoms with Gasteiger partial charge in [-0.05, 0) is 7.05 Å². The number of hydrogen-bond acceptors (Lipinski definition) is 3. The predicted octanol–water partition coefficient (Wildman–Crippen LogP) is -1.38. The predicted molar refractivity (Wildman–Crippen MR) is 29.5 cm³/mol. The Balaban J connectivity index is 3.52. The largest absolute Gasteiger partial charge is 0.480 e. The highest BCUT2D eigenvalue weighted by molar-refractivity contribution is 5.73. The molecule has 0 aromatic carbocycles. The van der Waals surface area contributed by atoms with Gasteiger partial charge in [-0.25, -0.2) is 0 Å². The summed E-state index contributed by atoms with van der Waals surface area (Å²) in [5, 5.41) is 10.8. The van der Waals surface area contributed by atoms with Crippen molar-refractivity contribution in [3.8, 4) is 0 Å². The van der Waals surface area contributed by atoms with Crippen LogP contribution in [0.1, 0.15) is 0 Å². The van der Waals surface area contributed by atoms with E-state index in [-0.39, 0.29) is 6.54 Å². The maximum absolute atomic E-state index is 10.0. The van der Waals surface area contributed by atoms with Crippen LogP contribution in [0.4, 0.5) is 0 Å². The van der Waals surface area contributed by atoms with Crippen LogP contribution in [0.2, 0.25) is 0 Å². The van der Waals surface area contributed by atoms with Gasteiger partial charge in [0.05, 0.1) is 0 Å². The highest BCUT2D eigenvalue weighted by Gasteiger charge is 2.10. The molecule has 0 spiro atoms. The van der Waals surface area contributed by atoms with Gasteiger partial charge in [-0.2, -0.15) is 0 Å². The third kappa shape index (κ3) is 1.90. The number of aliphatic carboxylic acids is 1. The summed E-state index contributed by atoms with van der Waals surface area (Å²) in [4.78, 5) is 10.0. The summed E-state index contributed by atoms with van der Waals surface area (Å²) in [6.45, 7) is 0.131. The Hall–Kier alpha value is -0.610. The van der Waals surface area contributed by atoms with Crippen LogP contribution in [0, 0.1) is 0 Å². The SMILES string of the molecule is CN[C@@H](CN)C(=O)O. The molecule has 0 aromatic heterocycles. The highest BCUT2D eigenvalue weighted by atomic mass is 16.4. The lowest BCUT2D eigenvalue weighted by molar-refractivity contribution is -0.139. The van der Waals surface area contributed by atoms with Crippen LogP contribution in [-0.4, -0.2) is 30.7 Å². The van der Waals surface area contributed by atoms with Gasteiger partial charge in [0.2, 0.25) is 0 Å². The molecule has 0 aromatic rings. The van der Waals surface area contributed by atoms with E-state index in [1.54, 1.807) is 7.05 Å². The molecule has 1 atom stereocenters. The Morgan fingerprint density at radius 1 is 2.00 bits per heavy atom. The van der Waals surface area contributed by atoms with Crippen LogP contribution in [0.5, 0.6) is 0 Å². The molecule has 4 nitrogen and oxygen atoms in total. The first-order valence-electron chi connectivity index (χ1n) is 2.32. The van der Waals surface area contributed by atoms with Crippen molar-refractivity contribution in [2.45, 2.75) is 6.04 Å². The van der Waals surface area contributed by atoms with E-state index in [9.17, 15) is 4.79 Å². The lowest BCUT2D eigenvalue weighted by Gasteiger charge is -2.05. The Bertz CT molecular complexity index is 80.1. The molecule has 0 aliphatic heterocycles. The molecule has 0 fully saturated rings. The van der Waals surface area contributed by atoms with E-state index in [4.69, 9.17) is 10.8 Å². The van der Waals surface area contributed by atoms with Crippen LogP contribution >= 0.6 is 0 Å². The molecule has 4 N–H and O–H groups in total. The minimum absolute atomic E-state index is 0.131. The van der Waals surface area contributed by atoms with Gasteiger partial charge in [-0.3, -0.25) is 4.79 Å². The highest BCUT2D eigenvalue weighted by Crippen LogP contribution is 1.74. The Kier molecular flexibility index (Phi) is 3.14. The molecule has 8 heavy (non-hydrogen) atoms. The molecule has 0 heterocycles. The van der Waals surface area contributed by atoms with E-state index in [0.29, 0.717) is 0 Å². The molecule has 0 aliphatic carbocycles. The van der Waals surface area contributed by atoms with E-state index in [1.165, 1.54) is 0 Å². The lowest BCUT2D eigenvalue weighted by Crippen LogP contribution is -2.40. The molecule has 0 amide bonds. The zero-order valence-electron chi connectivity index (χ0n) is 4.72. The molecule has 0 saturated heterocycles. The van der Waals surface area contributed by atoms with Gasteiger partial charge in [0.15, 0.2) is 0 Å². The monoisotopic (exact) mass is 118 g/mol. The number of likely N-dealkylation sites (N-methyl/N-ethyl adjacent to an activating group) is 1. The lowest BCUT2D eigenvalue weighted by atomic mass is 10.3. The fourth-order valence-electron chi connectivity index (χ4n) is 0.342. The van der Waals surface area contributed by atoms with Crippen LogP contribution < -0.4 is 11.1 Å². The topological polar surface area (TPSA) is 75.3 Å². The molecule has 0 unspecified atom stereocenters. The Labute approximate surface area is 47.7 Å². The van der Waals surface area contributed by atoms with Gasteiger partial charge in [-0.15, -0.1) is 0 Å². The standard InChI is InChI=1S/C4H10N2O2/c1-6-3(2-5)4(7)8/h3,6H,2,5H2,1H3,(H,7,8)/t3-/m0/s1. The first kappa shape index (κ1) is 7.39. The zero-order chi connectivity index (χ0) is 6.57. The van der Waals surface area contributed by atoms with Crippen molar-refractivity contribution in [1.29, 1.82) is 0 Å². The molecular formula is C4H10N2O2. The van der Waals surface area contributed by atoms with E-state index >= 15 is 0 Å². The van der Waals surface area contributed by atoms with Gasteiger partial charge in [0.25, 0.3) is 0 Å². The number of carboxylic acid groups (broad SMARTS) is 1. The molecule has 48 valence electrons. The van der Waals surface area contributed by atoms with Gasteiger partial charge in [-0.1, -0.05) is 0 Å². The van der Waals surface area contributed by atoms with Crippen molar-refractivity contribution in [3.63, 3.8) is 0 Å². The normalized spacial score (nSPS) is 13.2. The molecule has 0 saturated carbocycles. The minimum Gasteiger partial charge on any atom is -0.480 e. The number of carbonyl (C=O) groups is 1. The third-order valence-electron chi connectivity index (χ3n) is 0.882. The summed E-state index contributed by atoms with van der Waals surface area (Å²) in [7, 11) is 1.56. The number of hydrogen-bond donors (Lipinski definition) is 3. The van der Waals surface area contributed by atoms with Crippen molar-refractivity contribution in [2.24, 2.45) is 5.73 Å². The van der Waals surface area contributed by atoms with Crippen molar-refractivity contribution in [1.82, 2.24) is 5.32 Å². The van der Waals surface area contributed by atoms with Crippen LogP contribution in [0.25, 0.3) is 0 Å². The summed E-state index contributed by atoms with van der Waals surface area (Å²) >= 11 is 0. The number of nitrogens with one attached hydrogen (secondary N) is 1. The van der Waals surface area contributed by atoms with E-state index in [1.807, 2.05) is 0 Å². The molecule has 0 radical (unpaired) electrons. The molecule has 0 bridgehead atoms. The molecular weight excluding hydrogens is 108 g/mol. The molecule has 4 heteroatoms. The summed E-state index contributed by atoms with van der Waals surface area (Å²) < 4.78 is 0. The fourth-order valence-corrected chi connectivity index (χ4v) is 0.342. The van der Waals surface area contributed by atoms with Crippen LogP contribution in [-0.2, 0) is 4.79 Å². The maximum Gasteiger partial charge on any atom is 0.322 e. The molecule has 0 aliphatic rings. The van der Waals surface area contributed by atoms with Crippen molar-refractivity contribution in [3.05, 3.63) is 0 Å². The average molecular weight is 118 g/mol. The number of carboxylic acids is 1. The second kappa shape index (κ2) is 3.40. The smallest absolute Gasteiger partial charge is 0.322 e. The van der Waals surface area contributed by atoms with E-state index < -0.39 is 12.0 Å². The number of rotatable bonds is 3. The zero-order valence-corrected chi connectivity index (χ0v) is 4.72. The maximum atomic E-state index is 10.0. The van der Waals surface area contributed by atoms with Gasteiger partial charge < -0.3 is 16.2 Å². The first-order chi connectivity index (χ1) is 3.72. The third-order valence-corrected chi connectivity index (χ3v) is 0.882. The van der Waals surface area contributed by atoms with Gasteiger partial charge in [0, 0.05) is 6.54 Å². The van der Waals surface area contributed by atoms with Crippen molar-refractivity contribution < 1.29 is 9.90 Å². The van der Waals surface area contributed by atoms with Crippen molar-refractivity contribution >= 4 is 5.97 Å². The van der Waals surface area contributed by atoms with Crippen molar-refractivity contribution in [2.75, 3.05) is 13.6 Å². The fraction of sp³-hybridized carbons (Fsp3) is 0.750. The number of nitrogens with two attached hydrogens (primary N) is 1. The first-order valence-corrected chi connectivity index (χ1v) is 2.32. The molecule has 0 rings (SSSR count). The van der Waals surface area contributed by atoms with E-state index in [0.717, 1.165) is 0 Å². The summed E-state index contributed by atoms with van der Waals surface area (Å²) in [6.07, 6.45) is 0. The van der Waals surface area contributed by atoms with Gasteiger partial charge in [0.1, 0.15) is 6.04 Å². The summed E-state index contributed by atoms with van der Waals surface area (Å²) in [6, 6.07) is -0.602. The van der Waals surface area contributed by atoms with Crippen LogP contribution in [0.15, 0.2) is 0 Å². The second-order valence-electron chi connectivity index (χ2n) is 1.42. The quantitative estimate of drug-likeness (QED) is 0.427. The second-order valence-corrected chi connectivity index (χ2v) is 1.42. The summed E-state index contributed by atoms with van der Waals surface area (Å²) in [5.74, 6) is -0.907. The Morgan fingerprint density at radius 3 is 2.50 bits per heavy atom. The van der Waals surface area contributed by atoms with Gasteiger partial charge >= 0.3 is 5.97 Å². The van der Waals surface area contributed by atoms with Crippen LogP contribution in [0.3, 0.4) is 0 Å². The van der Waals surface area contributed by atoms with E-state index in [2.05, 4.69) is 5.32 Å². The summed E-state index contributed by atoms with van der Waals surface area (Å²) in [5.41, 5.74) is 5.04.